The van der Waals surface area contributed by atoms with Gasteiger partial charge in [0.25, 0.3) is 0 Å². The first kappa shape index (κ1) is 61.4. The van der Waals surface area contributed by atoms with Crippen LogP contribution in [0.4, 0.5) is 0 Å². The van der Waals surface area contributed by atoms with E-state index in [0.717, 1.165) is 57.8 Å². The largest absolute Gasteiger partial charge is 0.462 e. The Hall–Kier alpha value is -1.59. The molecule has 0 N–H and O–H groups in total. The number of hydrogen-bond acceptors (Lipinski definition) is 6. The van der Waals surface area contributed by atoms with Crippen LogP contribution < -0.4 is 0 Å². The Labute approximate surface area is 393 Å². The van der Waals surface area contributed by atoms with Crippen LogP contribution in [0.3, 0.4) is 0 Å². The minimum absolute atomic E-state index is 0.0626. The minimum Gasteiger partial charge on any atom is -0.462 e. The molecule has 1 atom stereocenters. The van der Waals surface area contributed by atoms with Crippen LogP contribution in [-0.2, 0) is 28.6 Å². The van der Waals surface area contributed by atoms with Gasteiger partial charge in [-0.25, -0.2) is 0 Å². The molecule has 0 spiro atoms. The summed E-state index contributed by atoms with van der Waals surface area (Å²) in [5, 5.41) is 0. The monoisotopic (exact) mass is 891 g/mol. The molecule has 0 saturated carbocycles. The summed E-state index contributed by atoms with van der Waals surface area (Å²) in [6.07, 6.45) is 58.6. The molecular weight excluding hydrogens is 781 g/mol. The summed E-state index contributed by atoms with van der Waals surface area (Å²) in [6, 6.07) is 0. The molecule has 0 heterocycles. The molecule has 374 valence electrons. The van der Waals surface area contributed by atoms with Crippen LogP contribution in [-0.4, -0.2) is 37.2 Å². The van der Waals surface area contributed by atoms with Gasteiger partial charge in [0.2, 0.25) is 0 Å². The van der Waals surface area contributed by atoms with Gasteiger partial charge in [0.1, 0.15) is 13.2 Å². The molecular formula is C57H110O6. The number of ether oxygens (including phenoxy) is 3. The predicted molar refractivity (Wildman–Crippen MR) is 270 cm³/mol. The molecule has 0 aliphatic rings. The normalized spacial score (nSPS) is 11.9. The van der Waals surface area contributed by atoms with Crippen LogP contribution in [0.2, 0.25) is 0 Å². The molecule has 0 aromatic carbocycles. The molecule has 0 aliphatic heterocycles. The molecule has 0 saturated heterocycles. The molecule has 63 heavy (non-hydrogen) atoms. The quantitative estimate of drug-likeness (QED) is 0.0344. The molecule has 0 aromatic rings. The zero-order valence-electron chi connectivity index (χ0n) is 42.9. The third-order valence-electron chi connectivity index (χ3n) is 13.1. The van der Waals surface area contributed by atoms with Crippen molar-refractivity contribution in [3.8, 4) is 0 Å². The van der Waals surface area contributed by atoms with Gasteiger partial charge in [-0.1, -0.05) is 290 Å². The second kappa shape index (κ2) is 53.0. The maximum absolute atomic E-state index is 12.7. The zero-order chi connectivity index (χ0) is 45.8. The molecule has 0 rings (SSSR count). The summed E-state index contributed by atoms with van der Waals surface area (Å²) in [7, 11) is 0. The average Bonchev–Trinajstić information content (AvgIpc) is 3.28. The van der Waals surface area contributed by atoms with E-state index in [1.165, 1.54) is 231 Å². The van der Waals surface area contributed by atoms with Gasteiger partial charge in [-0.3, -0.25) is 14.4 Å². The van der Waals surface area contributed by atoms with E-state index in [1.807, 2.05) is 0 Å². The topological polar surface area (TPSA) is 78.9 Å². The molecule has 0 radical (unpaired) electrons. The summed E-state index contributed by atoms with van der Waals surface area (Å²) >= 11 is 0. The van der Waals surface area contributed by atoms with E-state index < -0.39 is 6.10 Å². The lowest BCUT2D eigenvalue weighted by Gasteiger charge is -2.18. The smallest absolute Gasteiger partial charge is 0.306 e. The lowest BCUT2D eigenvalue weighted by atomic mass is 10.0. The molecule has 1 unspecified atom stereocenters. The molecule has 0 aromatic heterocycles. The second-order valence-electron chi connectivity index (χ2n) is 19.6. The fraction of sp³-hybridized carbons (Fsp3) is 0.947. The van der Waals surface area contributed by atoms with Crippen LogP contribution in [0.15, 0.2) is 0 Å². The van der Waals surface area contributed by atoms with Crippen molar-refractivity contribution in [2.45, 2.75) is 335 Å². The Kier molecular flexibility index (Phi) is 51.7. The molecule has 0 fully saturated rings. The van der Waals surface area contributed by atoms with Crippen LogP contribution in [0, 0.1) is 0 Å². The van der Waals surface area contributed by atoms with Gasteiger partial charge in [0, 0.05) is 19.3 Å². The number of rotatable bonds is 53. The number of unbranched alkanes of at least 4 members (excludes halogenated alkanes) is 42. The summed E-state index contributed by atoms with van der Waals surface area (Å²) in [6.45, 7) is 6.64. The standard InChI is InChI=1S/C57H110O6/c1-4-7-10-13-16-19-20-21-22-23-24-25-26-27-28-29-30-31-32-33-34-35-36-37-39-41-44-47-50-56(59)62-53-54(52-61-55(58)49-46-43-40-18-15-12-9-6-3)63-57(60)51-48-45-42-38-17-14-11-8-5-2/h54H,4-53H2,1-3H3. The van der Waals surface area contributed by atoms with Crippen molar-refractivity contribution < 1.29 is 28.6 Å². The van der Waals surface area contributed by atoms with E-state index in [1.54, 1.807) is 0 Å². The van der Waals surface area contributed by atoms with Gasteiger partial charge in [0.05, 0.1) is 0 Å². The summed E-state index contributed by atoms with van der Waals surface area (Å²) in [5.74, 6) is -0.850. The summed E-state index contributed by atoms with van der Waals surface area (Å²) < 4.78 is 16.7. The predicted octanol–water partition coefficient (Wildman–Crippen LogP) is 18.8. The van der Waals surface area contributed by atoms with Crippen molar-refractivity contribution in [2.75, 3.05) is 13.2 Å². The van der Waals surface area contributed by atoms with E-state index in [-0.39, 0.29) is 31.1 Å². The van der Waals surface area contributed by atoms with Crippen molar-refractivity contribution >= 4 is 17.9 Å². The van der Waals surface area contributed by atoms with Crippen molar-refractivity contribution in [1.82, 2.24) is 0 Å². The van der Waals surface area contributed by atoms with Crippen molar-refractivity contribution in [3.05, 3.63) is 0 Å². The van der Waals surface area contributed by atoms with Crippen LogP contribution in [0.5, 0.6) is 0 Å². The molecule has 6 nitrogen and oxygen atoms in total. The summed E-state index contributed by atoms with van der Waals surface area (Å²) in [4.78, 5) is 37.8. The number of esters is 3. The highest BCUT2D eigenvalue weighted by Crippen LogP contribution is 2.18. The minimum atomic E-state index is -0.758. The van der Waals surface area contributed by atoms with Gasteiger partial charge >= 0.3 is 17.9 Å². The first-order valence-corrected chi connectivity index (χ1v) is 28.5. The van der Waals surface area contributed by atoms with Gasteiger partial charge in [0.15, 0.2) is 6.10 Å². The Morgan fingerprint density at radius 1 is 0.254 bits per heavy atom. The number of carbonyl (C=O) groups is 3. The Balaban J connectivity index is 3.93. The summed E-state index contributed by atoms with van der Waals surface area (Å²) in [5.41, 5.74) is 0. The molecule has 0 bridgehead atoms. The van der Waals surface area contributed by atoms with Gasteiger partial charge in [-0.15, -0.1) is 0 Å². The van der Waals surface area contributed by atoms with Crippen molar-refractivity contribution in [1.29, 1.82) is 0 Å². The van der Waals surface area contributed by atoms with Crippen LogP contribution in [0.25, 0.3) is 0 Å². The highest BCUT2D eigenvalue weighted by Gasteiger charge is 2.19. The highest BCUT2D eigenvalue weighted by atomic mass is 16.6. The van der Waals surface area contributed by atoms with Gasteiger partial charge < -0.3 is 14.2 Å². The fourth-order valence-electron chi connectivity index (χ4n) is 8.80. The Morgan fingerprint density at radius 2 is 0.429 bits per heavy atom. The van der Waals surface area contributed by atoms with E-state index >= 15 is 0 Å². The molecule has 0 amide bonds. The van der Waals surface area contributed by atoms with Crippen LogP contribution >= 0.6 is 0 Å². The first-order chi connectivity index (χ1) is 31.0. The van der Waals surface area contributed by atoms with E-state index in [0.29, 0.717) is 19.3 Å². The van der Waals surface area contributed by atoms with E-state index in [2.05, 4.69) is 20.8 Å². The average molecular weight is 892 g/mol. The Bertz CT molecular complexity index is 936. The van der Waals surface area contributed by atoms with Crippen molar-refractivity contribution in [2.24, 2.45) is 0 Å². The lowest BCUT2D eigenvalue weighted by Crippen LogP contribution is -2.30. The van der Waals surface area contributed by atoms with Crippen molar-refractivity contribution in [3.63, 3.8) is 0 Å². The SMILES string of the molecule is CCCCCCCCCCCCCCCCCCCCCCCCCCCCCCC(=O)OCC(COC(=O)CCCCCCCCCC)OC(=O)CCCCCCCCCCC. The first-order valence-electron chi connectivity index (χ1n) is 28.5. The maximum Gasteiger partial charge on any atom is 0.306 e. The lowest BCUT2D eigenvalue weighted by molar-refractivity contribution is -0.167. The van der Waals surface area contributed by atoms with Crippen LogP contribution in [0.1, 0.15) is 329 Å². The third kappa shape index (κ3) is 51.3. The molecule has 6 heteroatoms. The van der Waals surface area contributed by atoms with E-state index in [9.17, 15) is 14.4 Å². The highest BCUT2D eigenvalue weighted by molar-refractivity contribution is 5.71. The Morgan fingerprint density at radius 3 is 0.635 bits per heavy atom. The number of hydrogen-bond donors (Lipinski definition) is 0. The molecule has 0 aliphatic carbocycles. The fourth-order valence-corrected chi connectivity index (χ4v) is 8.80. The van der Waals surface area contributed by atoms with Gasteiger partial charge in [-0.05, 0) is 19.3 Å². The van der Waals surface area contributed by atoms with Gasteiger partial charge in [-0.2, -0.15) is 0 Å². The van der Waals surface area contributed by atoms with E-state index in [4.69, 9.17) is 14.2 Å². The third-order valence-corrected chi connectivity index (χ3v) is 13.1. The zero-order valence-corrected chi connectivity index (χ0v) is 42.9. The maximum atomic E-state index is 12.7. The second-order valence-corrected chi connectivity index (χ2v) is 19.6. The number of carbonyl (C=O) groups excluding carboxylic acids is 3.